The molecule has 1 aliphatic carbocycles. The molecule has 25 heavy (non-hydrogen) atoms. The van der Waals surface area contributed by atoms with Crippen LogP contribution in [0.15, 0.2) is 71.6 Å². The predicted octanol–water partition coefficient (Wildman–Crippen LogP) is 4.25. The third-order valence-electron chi connectivity index (χ3n) is 4.50. The molecule has 0 heterocycles. The number of hydrogen-bond acceptors (Lipinski definition) is 2. The predicted molar refractivity (Wildman–Crippen MR) is 101 cm³/mol. The van der Waals surface area contributed by atoms with Crippen LogP contribution < -0.4 is 5.32 Å². The fraction of sp³-hybridized carbons (Fsp3) is 0.0952. The molecule has 0 fully saturated rings. The van der Waals surface area contributed by atoms with Crippen molar-refractivity contribution in [3.63, 3.8) is 0 Å². The Hall–Kier alpha value is -2.72. The lowest BCUT2D eigenvalue weighted by molar-refractivity contribution is 0.102. The Labute approximate surface area is 149 Å². The molecule has 1 atom stereocenters. The van der Waals surface area contributed by atoms with E-state index in [9.17, 15) is 9.00 Å². The molecule has 0 saturated carbocycles. The van der Waals surface area contributed by atoms with Gasteiger partial charge in [-0.25, -0.2) is 0 Å². The number of anilines is 1. The van der Waals surface area contributed by atoms with Crippen molar-refractivity contribution in [1.82, 2.24) is 0 Å². The maximum atomic E-state index is 12.4. The van der Waals surface area contributed by atoms with E-state index in [4.69, 9.17) is 0 Å². The van der Waals surface area contributed by atoms with Gasteiger partial charge in [-0.3, -0.25) is 9.00 Å². The van der Waals surface area contributed by atoms with Crippen molar-refractivity contribution in [3.8, 4) is 11.1 Å². The van der Waals surface area contributed by atoms with Gasteiger partial charge in [-0.2, -0.15) is 0 Å². The lowest BCUT2D eigenvalue weighted by Gasteiger charge is -2.08. The molecule has 0 radical (unpaired) electrons. The largest absolute Gasteiger partial charge is 0.322 e. The number of fused-ring (bicyclic) bond motifs is 3. The summed E-state index contributed by atoms with van der Waals surface area (Å²) in [5.41, 5.74) is 6.42. The Morgan fingerprint density at radius 3 is 2.40 bits per heavy atom. The molecule has 1 unspecified atom stereocenters. The van der Waals surface area contributed by atoms with Crippen molar-refractivity contribution in [2.24, 2.45) is 0 Å². The van der Waals surface area contributed by atoms with Gasteiger partial charge in [-0.05, 0) is 65.1 Å². The van der Waals surface area contributed by atoms with Crippen LogP contribution in [-0.2, 0) is 17.2 Å². The summed E-state index contributed by atoms with van der Waals surface area (Å²) in [4.78, 5) is 13.1. The molecule has 124 valence electrons. The first-order valence-corrected chi connectivity index (χ1v) is 9.64. The summed E-state index contributed by atoms with van der Waals surface area (Å²) in [5.74, 6) is -0.163. The number of nitrogens with one attached hydrogen (secondary N) is 1. The van der Waals surface area contributed by atoms with Crippen LogP contribution in [0.25, 0.3) is 11.1 Å². The fourth-order valence-corrected chi connectivity index (χ4v) is 3.74. The molecule has 1 N–H and O–H groups in total. The van der Waals surface area contributed by atoms with Crippen molar-refractivity contribution < 1.29 is 9.00 Å². The number of amides is 1. The van der Waals surface area contributed by atoms with Crippen LogP contribution in [0.5, 0.6) is 0 Å². The highest BCUT2D eigenvalue weighted by Gasteiger charge is 2.18. The van der Waals surface area contributed by atoms with E-state index in [1.807, 2.05) is 12.1 Å². The SMILES string of the molecule is CS(=O)c1ccc(C(=O)Nc2ccc3c(c2)Cc2ccccc2-3)cc1. The smallest absolute Gasteiger partial charge is 0.255 e. The molecule has 0 bridgehead atoms. The lowest BCUT2D eigenvalue weighted by atomic mass is 10.1. The standard InChI is InChI=1S/C21H17NO2S/c1-25(24)18-9-6-14(7-10-18)21(23)22-17-8-11-20-16(13-17)12-15-4-2-3-5-19(15)20/h2-11,13H,12H2,1H3,(H,22,23). The topological polar surface area (TPSA) is 46.2 Å². The van der Waals surface area contributed by atoms with E-state index in [1.54, 1.807) is 30.5 Å². The van der Waals surface area contributed by atoms with Crippen LogP contribution in [0.2, 0.25) is 0 Å². The van der Waals surface area contributed by atoms with E-state index < -0.39 is 10.8 Å². The lowest BCUT2D eigenvalue weighted by Crippen LogP contribution is -2.12. The van der Waals surface area contributed by atoms with Crippen LogP contribution in [0.3, 0.4) is 0 Å². The van der Waals surface area contributed by atoms with Gasteiger partial charge in [-0.1, -0.05) is 30.3 Å². The molecule has 3 aromatic carbocycles. The van der Waals surface area contributed by atoms with Crippen molar-refractivity contribution in [2.75, 3.05) is 11.6 Å². The maximum Gasteiger partial charge on any atom is 0.255 e. The van der Waals surface area contributed by atoms with Gasteiger partial charge in [-0.15, -0.1) is 0 Å². The summed E-state index contributed by atoms with van der Waals surface area (Å²) >= 11 is 0. The molecule has 3 aromatic rings. The zero-order chi connectivity index (χ0) is 17.4. The second-order valence-corrected chi connectivity index (χ2v) is 7.52. The highest BCUT2D eigenvalue weighted by atomic mass is 32.2. The summed E-state index contributed by atoms with van der Waals surface area (Å²) < 4.78 is 11.4. The Kier molecular flexibility index (Phi) is 3.98. The van der Waals surface area contributed by atoms with Crippen LogP contribution in [0.1, 0.15) is 21.5 Å². The molecule has 1 amide bonds. The quantitative estimate of drug-likeness (QED) is 0.602. The minimum absolute atomic E-state index is 0.163. The third-order valence-corrected chi connectivity index (χ3v) is 5.44. The fourth-order valence-electron chi connectivity index (χ4n) is 3.22. The van der Waals surface area contributed by atoms with Gasteiger partial charge in [0.15, 0.2) is 0 Å². The Balaban J connectivity index is 1.55. The van der Waals surface area contributed by atoms with Gasteiger partial charge >= 0.3 is 0 Å². The maximum absolute atomic E-state index is 12.4. The highest BCUT2D eigenvalue weighted by molar-refractivity contribution is 7.84. The summed E-state index contributed by atoms with van der Waals surface area (Å²) in [6, 6.07) is 21.3. The van der Waals surface area contributed by atoms with Crippen molar-refractivity contribution in [3.05, 3.63) is 83.4 Å². The van der Waals surface area contributed by atoms with Crippen molar-refractivity contribution in [1.29, 1.82) is 0 Å². The van der Waals surface area contributed by atoms with E-state index in [0.717, 1.165) is 12.1 Å². The average molecular weight is 347 g/mol. The average Bonchev–Trinajstić information content (AvgIpc) is 2.99. The molecule has 0 aliphatic heterocycles. The monoisotopic (exact) mass is 347 g/mol. The van der Waals surface area contributed by atoms with Crippen molar-refractivity contribution >= 4 is 22.4 Å². The van der Waals surface area contributed by atoms with E-state index >= 15 is 0 Å². The van der Waals surface area contributed by atoms with Gasteiger partial charge in [0.2, 0.25) is 0 Å². The van der Waals surface area contributed by atoms with Gasteiger partial charge in [0.25, 0.3) is 5.91 Å². The van der Waals surface area contributed by atoms with E-state index in [-0.39, 0.29) is 5.91 Å². The van der Waals surface area contributed by atoms with E-state index in [2.05, 4.69) is 35.6 Å². The van der Waals surface area contributed by atoms with Crippen LogP contribution in [0.4, 0.5) is 5.69 Å². The van der Waals surface area contributed by atoms with Crippen LogP contribution in [-0.4, -0.2) is 16.4 Å². The second kappa shape index (κ2) is 6.30. The van der Waals surface area contributed by atoms with E-state index in [1.165, 1.54) is 22.3 Å². The summed E-state index contributed by atoms with van der Waals surface area (Å²) in [6.07, 6.45) is 2.52. The van der Waals surface area contributed by atoms with Crippen LogP contribution >= 0.6 is 0 Å². The van der Waals surface area contributed by atoms with Crippen molar-refractivity contribution in [2.45, 2.75) is 11.3 Å². The van der Waals surface area contributed by atoms with Gasteiger partial charge in [0.1, 0.15) is 0 Å². The summed E-state index contributed by atoms with van der Waals surface area (Å²) in [6.45, 7) is 0. The van der Waals surface area contributed by atoms with Gasteiger partial charge in [0.05, 0.1) is 0 Å². The zero-order valence-corrected chi connectivity index (χ0v) is 14.6. The summed E-state index contributed by atoms with van der Waals surface area (Å²) in [7, 11) is -1.04. The molecular weight excluding hydrogens is 330 g/mol. The Morgan fingerprint density at radius 1 is 0.920 bits per heavy atom. The molecule has 4 heteroatoms. The normalized spacial score (nSPS) is 13.0. The molecule has 0 spiro atoms. The number of carbonyl (C=O) groups is 1. The van der Waals surface area contributed by atoms with Gasteiger partial charge in [0, 0.05) is 33.2 Å². The second-order valence-electron chi connectivity index (χ2n) is 6.14. The number of rotatable bonds is 3. The third kappa shape index (κ3) is 3.01. The first-order chi connectivity index (χ1) is 12.1. The summed E-state index contributed by atoms with van der Waals surface area (Å²) in [5, 5.41) is 2.95. The van der Waals surface area contributed by atoms with E-state index in [0.29, 0.717) is 10.5 Å². The molecule has 0 aromatic heterocycles. The molecular formula is C21H17NO2S. The first-order valence-electron chi connectivity index (χ1n) is 8.08. The molecule has 0 saturated heterocycles. The first kappa shape index (κ1) is 15.8. The number of hydrogen-bond donors (Lipinski definition) is 1. The minimum atomic E-state index is -1.04. The highest BCUT2D eigenvalue weighted by Crippen LogP contribution is 2.37. The van der Waals surface area contributed by atoms with Gasteiger partial charge < -0.3 is 5.32 Å². The van der Waals surface area contributed by atoms with Crippen LogP contribution in [0, 0.1) is 0 Å². The minimum Gasteiger partial charge on any atom is -0.322 e. The molecule has 4 rings (SSSR count). The number of benzene rings is 3. The Morgan fingerprint density at radius 2 is 1.64 bits per heavy atom. The zero-order valence-electron chi connectivity index (χ0n) is 13.8. The Bertz CT molecular complexity index is 993. The number of carbonyl (C=O) groups excluding carboxylic acids is 1. The molecule has 3 nitrogen and oxygen atoms in total. The molecule has 1 aliphatic rings.